The summed E-state index contributed by atoms with van der Waals surface area (Å²) >= 11 is 0. The highest BCUT2D eigenvalue weighted by Crippen LogP contribution is 2.16. The van der Waals surface area contributed by atoms with Gasteiger partial charge < -0.3 is 15.8 Å². The Hall–Kier alpha value is -1.06. The van der Waals surface area contributed by atoms with E-state index < -0.39 is 0 Å². The second-order valence-electron chi connectivity index (χ2n) is 3.92. The standard InChI is InChI=1S/C12H20N2O/c1-4-15-11-7-5-6-10(8-11)9-12(2,13)14-3/h5-8,14H,4,9,13H2,1-3H3. The van der Waals surface area contributed by atoms with Gasteiger partial charge in [0.15, 0.2) is 0 Å². The van der Waals surface area contributed by atoms with Crippen LogP contribution in [-0.4, -0.2) is 19.3 Å². The van der Waals surface area contributed by atoms with Crippen molar-refractivity contribution >= 4 is 0 Å². The van der Waals surface area contributed by atoms with Crippen LogP contribution in [0.4, 0.5) is 0 Å². The molecule has 0 saturated carbocycles. The molecule has 3 nitrogen and oxygen atoms in total. The van der Waals surface area contributed by atoms with Crippen molar-refractivity contribution in [3.05, 3.63) is 29.8 Å². The lowest BCUT2D eigenvalue weighted by atomic mass is 10.0. The molecule has 0 bridgehead atoms. The summed E-state index contributed by atoms with van der Waals surface area (Å²) in [5.41, 5.74) is 6.83. The van der Waals surface area contributed by atoms with Gasteiger partial charge in [0.05, 0.1) is 12.3 Å². The van der Waals surface area contributed by atoms with Crippen molar-refractivity contribution in [2.45, 2.75) is 25.9 Å². The van der Waals surface area contributed by atoms with Crippen LogP contribution in [0.15, 0.2) is 24.3 Å². The first kappa shape index (κ1) is 12.0. The summed E-state index contributed by atoms with van der Waals surface area (Å²) < 4.78 is 5.43. The Labute approximate surface area is 91.6 Å². The van der Waals surface area contributed by atoms with E-state index in [1.54, 1.807) is 0 Å². The lowest BCUT2D eigenvalue weighted by molar-refractivity contribution is 0.339. The third-order valence-electron chi connectivity index (χ3n) is 2.35. The zero-order valence-electron chi connectivity index (χ0n) is 9.71. The average Bonchev–Trinajstić information content (AvgIpc) is 2.18. The van der Waals surface area contributed by atoms with Gasteiger partial charge in [-0.15, -0.1) is 0 Å². The van der Waals surface area contributed by atoms with Crippen molar-refractivity contribution in [3.63, 3.8) is 0 Å². The van der Waals surface area contributed by atoms with Gasteiger partial charge >= 0.3 is 0 Å². The fraction of sp³-hybridized carbons (Fsp3) is 0.500. The monoisotopic (exact) mass is 208 g/mol. The lowest BCUT2D eigenvalue weighted by Gasteiger charge is -2.24. The largest absolute Gasteiger partial charge is 0.494 e. The van der Waals surface area contributed by atoms with Gasteiger partial charge in [-0.05, 0) is 38.6 Å². The number of benzene rings is 1. The van der Waals surface area contributed by atoms with Crippen LogP contribution >= 0.6 is 0 Å². The van der Waals surface area contributed by atoms with E-state index in [0.717, 1.165) is 12.2 Å². The molecule has 1 unspecified atom stereocenters. The Morgan fingerprint density at radius 3 is 2.80 bits per heavy atom. The summed E-state index contributed by atoms with van der Waals surface area (Å²) in [5, 5.41) is 3.08. The van der Waals surface area contributed by atoms with Crippen molar-refractivity contribution in [2.24, 2.45) is 5.73 Å². The molecule has 0 amide bonds. The van der Waals surface area contributed by atoms with Crippen LogP contribution in [0.5, 0.6) is 5.75 Å². The molecule has 0 heterocycles. The van der Waals surface area contributed by atoms with Gasteiger partial charge in [0.2, 0.25) is 0 Å². The molecule has 0 fully saturated rings. The zero-order valence-corrected chi connectivity index (χ0v) is 9.71. The molecule has 1 atom stereocenters. The predicted molar refractivity (Wildman–Crippen MR) is 63.0 cm³/mol. The summed E-state index contributed by atoms with van der Waals surface area (Å²) in [6.07, 6.45) is 0.782. The first-order valence-corrected chi connectivity index (χ1v) is 5.27. The van der Waals surface area contributed by atoms with Crippen LogP contribution in [0, 0.1) is 0 Å². The Bertz CT molecular complexity index is 310. The molecule has 3 heteroatoms. The smallest absolute Gasteiger partial charge is 0.119 e. The summed E-state index contributed by atoms with van der Waals surface area (Å²) in [6, 6.07) is 8.04. The molecule has 84 valence electrons. The second kappa shape index (κ2) is 5.14. The molecule has 1 aromatic rings. The Balaban J connectivity index is 2.73. The molecular formula is C12H20N2O. The molecule has 15 heavy (non-hydrogen) atoms. The van der Waals surface area contributed by atoms with E-state index in [0.29, 0.717) is 6.61 Å². The lowest BCUT2D eigenvalue weighted by Crippen LogP contribution is -2.50. The first-order valence-electron chi connectivity index (χ1n) is 5.27. The minimum absolute atomic E-state index is 0.370. The van der Waals surface area contributed by atoms with Crippen LogP contribution in [0.2, 0.25) is 0 Å². The van der Waals surface area contributed by atoms with Gasteiger partial charge in [-0.3, -0.25) is 0 Å². The van der Waals surface area contributed by atoms with Crippen molar-refractivity contribution < 1.29 is 4.74 Å². The molecule has 0 aliphatic rings. The van der Waals surface area contributed by atoms with Gasteiger partial charge in [-0.25, -0.2) is 0 Å². The molecule has 1 aromatic carbocycles. The fourth-order valence-electron chi connectivity index (χ4n) is 1.42. The minimum Gasteiger partial charge on any atom is -0.494 e. The van der Waals surface area contributed by atoms with Gasteiger partial charge in [0.25, 0.3) is 0 Å². The Kier molecular flexibility index (Phi) is 4.12. The summed E-state index contributed by atoms with van der Waals surface area (Å²) in [5.74, 6) is 0.905. The normalized spacial score (nSPS) is 14.7. The van der Waals surface area contributed by atoms with E-state index in [4.69, 9.17) is 10.5 Å². The Morgan fingerprint density at radius 1 is 1.47 bits per heavy atom. The highest BCUT2D eigenvalue weighted by Gasteiger charge is 2.15. The van der Waals surface area contributed by atoms with Crippen LogP contribution in [0.1, 0.15) is 19.4 Å². The molecule has 0 spiro atoms. The Morgan fingerprint density at radius 2 is 2.20 bits per heavy atom. The quantitative estimate of drug-likeness (QED) is 0.721. The molecular weight excluding hydrogens is 188 g/mol. The molecule has 0 aliphatic heterocycles. The predicted octanol–water partition coefficient (Wildman–Crippen LogP) is 1.52. The third kappa shape index (κ3) is 3.90. The number of nitrogens with one attached hydrogen (secondary N) is 1. The number of rotatable bonds is 5. The number of hydrogen-bond acceptors (Lipinski definition) is 3. The van der Waals surface area contributed by atoms with E-state index in [1.807, 2.05) is 39.1 Å². The van der Waals surface area contributed by atoms with E-state index in [2.05, 4.69) is 11.4 Å². The van der Waals surface area contributed by atoms with Crippen molar-refractivity contribution in [1.29, 1.82) is 0 Å². The average molecular weight is 208 g/mol. The molecule has 1 rings (SSSR count). The first-order chi connectivity index (χ1) is 7.07. The highest BCUT2D eigenvalue weighted by molar-refractivity contribution is 5.29. The third-order valence-corrected chi connectivity index (χ3v) is 2.35. The second-order valence-corrected chi connectivity index (χ2v) is 3.92. The molecule has 0 aliphatic carbocycles. The summed E-state index contributed by atoms with van der Waals surface area (Å²) in [6.45, 7) is 4.64. The summed E-state index contributed by atoms with van der Waals surface area (Å²) in [7, 11) is 1.87. The van der Waals surface area contributed by atoms with Crippen LogP contribution in [-0.2, 0) is 6.42 Å². The van der Waals surface area contributed by atoms with E-state index in [1.165, 1.54) is 5.56 Å². The maximum Gasteiger partial charge on any atom is 0.119 e. The summed E-state index contributed by atoms with van der Waals surface area (Å²) in [4.78, 5) is 0. The number of likely N-dealkylation sites (N-methyl/N-ethyl adjacent to an activating group) is 1. The van der Waals surface area contributed by atoms with Crippen LogP contribution in [0.25, 0.3) is 0 Å². The van der Waals surface area contributed by atoms with Gasteiger partial charge in [0, 0.05) is 6.42 Å². The highest BCUT2D eigenvalue weighted by atomic mass is 16.5. The van der Waals surface area contributed by atoms with Crippen molar-refractivity contribution in [1.82, 2.24) is 5.32 Å². The number of nitrogens with two attached hydrogens (primary N) is 1. The van der Waals surface area contributed by atoms with Crippen molar-refractivity contribution in [2.75, 3.05) is 13.7 Å². The van der Waals surface area contributed by atoms with Gasteiger partial charge in [-0.1, -0.05) is 12.1 Å². The number of hydrogen-bond donors (Lipinski definition) is 2. The zero-order chi connectivity index (χ0) is 11.3. The topological polar surface area (TPSA) is 47.3 Å². The SMILES string of the molecule is CCOc1cccc(CC(C)(N)NC)c1. The van der Waals surface area contributed by atoms with Crippen LogP contribution in [0.3, 0.4) is 0 Å². The molecule has 0 radical (unpaired) electrons. The van der Waals surface area contributed by atoms with E-state index in [9.17, 15) is 0 Å². The number of ether oxygens (including phenoxy) is 1. The van der Waals surface area contributed by atoms with Crippen LogP contribution < -0.4 is 15.8 Å². The van der Waals surface area contributed by atoms with Gasteiger partial charge in [0.1, 0.15) is 5.75 Å². The molecule has 0 saturated heterocycles. The maximum absolute atomic E-state index is 6.02. The van der Waals surface area contributed by atoms with Gasteiger partial charge in [-0.2, -0.15) is 0 Å². The van der Waals surface area contributed by atoms with E-state index >= 15 is 0 Å². The fourth-order valence-corrected chi connectivity index (χ4v) is 1.42. The molecule has 0 aromatic heterocycles. The van der Waals surface area contributed by atoms with Crippen molar-refractivity contribution in [3.8, 4) is 5.75 Å². The molecule has 3 N–H and O–H groups in total. The van der Waals surface area contributed by atoms with E-state index in [-0.39, 0.29) is 5.66 Å². The maximum atomic E-state index is 6.02. The minimum atomic E-state index is -0.370.